The van der Waals surface area contributed by atoms with Gasteiger partial charge in [0.2, 0.25) is 0 Å². The Labute approximate surface area is 196 Å². The van der Waals surface area contributed by atoms with E-state index in [0.717, 1.165) is 61.0 Å². The smallest absolute Gasteiger partial charge is 0.307 e. The van der Waals surface area contributed by atoms with Gasteiger partial charge in [-0.2, -0.15) is 0 Å². The average Bonchev–Trinajstić information content (AvgIpc) is 3.09. The predicted molar refractivity (Wildman–Crippen MR) is 130 cm³/mol. The van der Waals surface area contributed by atoms with Crippen LogP contribution in [0.2, 0.25) is 5.02 Å². The van der Waals surface area contributed by atoms with Gasteiger partial charge in [0.25, 0.3) is 0 Å². The van der Waals surface area contributed by atoms with E-state index in [1.54, 1.807) is 0 Å². The van der Waals surface area contributed by atoms with Gasteiger partial charge in [0.15, 0.2) is 0 Å². The molecule has 0 radical (unpaired) electrons. The average molecular weight is 454 g/mol. The Morgan fingerprint density at radius 1 is 1.16 bits per heavy atom. The normalized spacial score (nSPS) is 18.0. The molecule has 0 saturated carbocycles. The minimum absolute atomic E-state index is 0.0860. The van der Waals surface area contributed by atoms with Crippen molar-refractivity contribution in [3.63, 3.8) is 0 Å². The predicted octanol–water partition coefficient (Wildman–Crippen LogP) is 5.97. The van der Waals surface area contributed by atoms with Crippen LogP contribution in [0.4, 0.5) is 0 Å². The molecule has 2 aromatic carbocycles. The van der Waals surface area contributed by atoms with Crippen molar-refractivity contribution >= 4 is 29.7 Å². The zero-order valence-electron chi connectivity index (χ0n) is 19.2. The van der Waals surface area contributed by atoms with E-state index < -0.39 is 5.60 Å². The lowest BCUT2D eigenvalue weighted by atomic mass is 9.74. The number of piperidine rings is 1. The number of benzene rings is 2. The molecule has 0 atom stereocenters. The summed E-state index contributed by atoms with van der Waals surface area (Å²) in [5.74, 6) is 0.873. The Kier molecular flexibility index (Phi) is 6.64. The van der Waals surface area contributed by atoms with E-state index in [0.29, 0.717) is 6.42 Å². The molecule has 170 valence electrons. The van der Waals surface area contributed by atoms with Crippen LogP contribution in [-0.4, -0.2) is 42.7 Å². The first kappa shape index (κ1) is 22.9. The van der Waals surface area contributed by atoms with Crippen LogP contribution in [0, 0.1) is 0 Å². The lowest BCUT2D eigenvalue weighted by molar-refractivity contribution is -0.155. The first-order valence-corrected chi connectivity index (χ1v) is 11.8. The Balaban J connectivity index is 1.36. The minimum atomic E-state index is -0.421. The van der Waals surface area contributed by atoms with Gasteiger partial charge < -0.3 is 14.4 Å². The van der Waals surface area contributed by atoms with Gasteiger partial charge in [-0.1, -0.05) is 54.1 Å². The van der Waals surface area contributed by atoms with Gasteiger partial charge in [0.1, 0.15) is 11.4 Å². The number of carbonyl (C=O) groups is 1. The summed E-state index contributed by atoms with van der Waals surface area (Å²) < 4.78 is 11.6. The molecular formula is C27H32ClNO3. The topological polar surface area (TPSA) is 38.8 Å². The molecule has 1 fully saturated rings. The van der Waals surface area contributed by atoms with Crippen LogP contribution >= 0.6 is 11.6 Å². The van der Waals surface area contributed by atoms with Gasteiger partial charge in [-0.05, 0) is 70.0 Å². The second kappa shape index (κ2) is 9.29. The number of ether oxygens (including phenoxy) is 2. The summed E-state index contributed by atoms with van der Waals surface area (Å²) in [6.45, 7) is 9.16. The Morgan fingerprint density at radius 2 is 1.91 bits per heavy atom. The molecule has 0 aliphatic carbocycles. The van der Waals surface area contributed by atoms with Crippen LogP contribution in [0.1, 0.15) is 56.7 Å². The van der Waals surface area contributed by atoms with Crippen LogP contribution < -0.4 is 4.74 Å². The monoisotopic (exact) mass is 453 g/mol. The molecule has 0 aromatic heterocycles. The van der Waals surface area contributed by atoms with Crippen molar-refractivity contribution in [1.82, 2.24) is 4.90 Å². The van der Waals surface area contributed by atoms with Crippen LogP contribution in [0.15, 0.2) is 42.5 Å². The van der Waals surface area contributed by atoms with E-state index in [1.165, 1.54) is 5.56 Å². The zero-order chi connectivity index (χ0) is 22.8. The molecule has 0 bridgehead atoms. The quantitative estimate of drug-likeness (QED) is 0.413. The maximum atomic E-state index is 12.0. The van der Waals surface area contributed by atoms with Crippen molar-refractivity contribution in [2.75, 3.05) is 26.2 Å². The van der Waals surface area contributed by atoms with Gasteiger partial charge in [-0.3, -0.25) is 4.79 Å². The van der Waals surface area contributed by atoms with Gasteiger partial charge >= 0.3 is 5.97 Å². The van der Waals surface area contributed by atoms with Gasteiger partial charge in [-0.25, -0.2) is 0 Å². The molecule has 32 heavy (non-hydrogen) atoms. The molecule has 0 N–H and O–H groups in total. The van der Waals surface area contributed by atoms with E-state index >= 15 is 0 Å². The van der Waals surface area contributed by atoms with E-state index in [9.17, 15) is 4.79 Å². The highest BCUT2D eigenvalue weighted by Crippen LogP contribution is 2.46. The maximum Gasteiger partial charge on any atom is 0.307 e. The highest BCUT2D eigenvalue weighted by Gasteiger charge is 2.43. The summed E-state index contributed by atoms with van der Waals surface area (Å²) >= 11 is 6.26. The fraction of sp³-hybridized carbons (Fsp3) is 0.444. The number of rotatable bonds is 5. The Morgan fingerprint density at radius 3 is 2.62 bits per heavy atom. The fourth-order valence-electron chi connectivity index (χ4n) is 4.55. The maximum absolute atomic E-state index is 12.0. The molecule has 1 spiro atoms. The van der Waals surface area contributed by atoms with Crippen LogP contribution in [-0.2, 0) is 14.9 Å². The summed E-state index contributed by atoms with van der Waals surface area (Å²) in [5, 5.41) is 0.749. The second-order valence-electron chi connectivity index (χ2n) is 9.86. The highest BCUT2D eigenvalue weighted by atomic mass is 35.5. The molecule has 4 nitrogen and oxygen atoms in total. The number of nitrogens with zero attached hydrogens (tertiary/aromatic N) is 1. The molecule has 2 aliphatic heterocycles. The van der Waals surface area contributed by atoms with Gasteiger partial charge in [0.05, 0.1) is 13.0 Å². The summed E-state index contributed by atoms with van der Waals surface area (Å²) in [5.41, 5.74) is 3.10. The lowest BCUT2D eigenvalue weighted by Gasteiger charge is -2.38. The molecule has 1 saturated heterocycles. The van der Waals surface area contributed by atoms with Crippen molar-refractivity contribution in [3.8, 4) is 5.75 Å². The van der Waals surface area contributed by atoms with Crippen molar-refractivity contribution in [3.05, 3.63) is 64.2 Å². The van der Waals surface area contributed by atoms with Crippen molar-refractivity contribution in [2.45, 2.75) is 51.0 Å². The van der Waals surface area contributed by atoms with Gasteiger partial charge in [0, 0.05) is 22.5 Å². The minimum Gasteiger partial charge on any atom is -0.492 e. The third kappa shape index (κ3) is 5.36. The van der Waals surface area contributed by atoms with Crippen LogP contribution in [0.3, 0.4) is 0 Å². The Bertz CT molecular complexity index is 1000. The summed E-state index contributed by atoms with van der Waals surface area (Å²) in [6, 6.07) is 14.4. The molecule has 2 aromatic rings. The number of hydrogen-bond donors (Lipinski definition) is 0. The van der Waals surface area contributed by atoms with Gasteiger partial charge in [-0.15, -0.1) is 0 Å². The number of likely N-dealkylation sites (tertiary alicyclic amines) is 1. The largest absolute Gasteiger partial charge is 0.492 e. The molecule has 2 heterocycles. The van der Waals surface area contributed by atoms with Crippen LogP contribution in [0.25, 0.3) is 12.2 Å². The fourth-order valence-corrected chi connectivity index (χ4v) is 4.75. The molecule has 4 rings (SSSR count). The first-order chi connectivity index (χ1) is 15.2. The lowest BCUT2D eigenvalue weighted by Crippen LogP contribution is -2.44. The standard InChI is InChI=1S/C27H32ClNO3/c1-26(2,3)32-25(30)12-15-29-16-13-27(14-17-29)19-31-24-18-20(9-11-22(24)27)8-10-21-6-4-5-7-23(21)28/h4-11,18H,12-17,19H2,1-3H3. The zero-order valence-corrected chi connectivity index (χ0v) is 20.0. The Hall–Kier alpha value is -2.30. The SMILES string of the molecule is CC(C)(C)OC(=O)CCN1CCC2(CC1)COc1cc(C=Cc3ccccc3Cl)ccc12. The van der Waals surface area contributed by atoms with E-state index in [1.807, 2.05) is 51.1 Å². The number of fused-ring (bicyclic) bond motifs is 2. The molecule has 5 heteroatoms. The summed E-state index contributed by atoms with van der Waals surface area (Å²) in [4.78, 5) is 14.4. The van der Waals surface area contributed by atoms with Crippen molar-refractivity contribution < 1.29 is 14.3 Å². The third-order valence-corrected chi connectivity index (χ3v) is 6.65. The third-order valence-electron chi connectivity index (χ3n) is 6.31. The van der Waals surface area contributed by atoms with E-state index in [-0.39, 0.29) is 11.4 Å². The van der Waals surface area contributed by atoms with Crippen molar-refractivity contribution in [1.29, 1.82) is 0 Å². The second-order valence-corrected chi connectivity index (χ2v) is 10.3. The summed E-state index contributed by atoms with van der Waals surface area (Å²) in [7, 11) is 0. The number of hydrogen-bond acceptors (Lipinski definition) is 4. The molecule has 2 aliphatic rings. The van der Waals surface area contributed by atoms with Crippen LogP contribution in [0.5, 0.6) is 5.75 Å². The number of halogens is 1. The molecule has 0 amide bonds. The summed E-state index contributed by atoms with van der Waals surface area (Å²) in [6.07, 6.45) is 6.65. The van der Waals surface area contributed by atoms with E-state index in [2.05, 4.69) is 29.2 Å². The number of carbonyl (C=O) groups excluding carboxylic acids is 1. The van der Waals surface area contributed by atoms with E-state index in [4.69, 9.17) is 21.1 Å². The molecule has 0 unspecified atom stereocenters. The number of esters is 1. The van der Waals surface area contributed by atoms with Crippen molar-refractivity contribution in [2.24, 2.45) is 0 Å². The first-order valence-electron chi connectivity index (χ1n) is 11.4. The molecular weight excluding hydrogens is 422 g/mol. The highest BCUT2D eigenvalue weighted by molar-refractivity contribution is 6.32.